The summed E-state index contributed by atoms with van der Waals surface area (Å²) >= 11 is 0. The number of aromatic nitrogens is 4. The van der Waals surface area contributed by atoms with Crippen molar-refractivity contribution in [3.8, 4) is 33.6 Å². The number of carbonyl (C=O) groups excluding carboxylic acids is 1. The van der Waals surface area contributed by atoms with Crippen molar-refractivity contribution in [2.24, 2.45) is 0 Å². The Morgan fingerprint density at radius 3 is 2.10 bits per heavy atom. The summed E-state index contributed by atoms with van der Waals surface area (Å²) in [5.41, 5.74) is 6.52. The molecule has 0 spiro atoms. The van der Waals surface area contributed by atoms with E-state index in [4.69, 9.17) is 0 Å². The minimum absolute atomic E-state index is 0.331. The Labute approximate surface area is 243 Å². The van der Waals surface area contributed by atoms with Crippen LogP contribution >= 0.6 is 0 Å². The monoisotopic (exact) mass is 566 g/mol. The molecular weight excluding hydrogens is 534 g/mol. The van der Waals surface area contributed by atoms with Crippen molar-refractivity contribution in [3.63, 3.8) is 0 Å². The summed E-state index contributed by atoms with van der Waals surface area (Å²) in [6, 6.07) is 24.7. The maximum Gasteiger partial charge on any atom is 0.267 e. The van der Waals surface area contributed by atoms with E-state index in [1.165, 1.54) is 4.90 Å². The molecule has 1 saturated heterocycles. The van der Waals surface area contributed by atoms with E-state index < -0.39 is 30.8 Å². The first-order chi connectivity index (χ1) is 20.3. The Morgan fingerprint density at radius 1 is 0.905 bits per heavy atom. The molecule has 2 atom stereocenters. The fourth-order valence-corrected chi connectivity index (χ4v) is 5.53. The Bertz CT molecular complexity index is 1660. The SMILES string of the molecule is CNCc1ncc(-c2ccc(-c3ccc(-c4cnc(C5CC(F)(F)CN5C(=O)[C@H](C)c5ccccc5)[nH]4)cc3)cc2)[nH]1. The van der Waals surface area contributed by atoms with Gasteiger partial charge in [0.05, 0.1) is 48.8 Å². The van der Waals surface area contributed by atoms with E-state index in [9.17, 15) is 13.6 Å². The van der Waals surface area contributed by atoms with Gasteiger partial charge in [0.25, 0.3) is 5.92 Å². The van der Waals surface area contributed by atoms with E-state index in [0.717, 1.165) is 39.3 Å². The number of rotatable bonds is 8. The summed E-state index contributed by atoms with van der Waals surface area (Å²) in [5, 5.41) is 3.08. The van der Waals surface area contributed by atoms with Crippen LogP contribution in [-0.4, -0.2) is 50.3 Å². The van der Waals surface area contributed by atoms with Crippen molar-refractivity contribution >= 4 is 5.91 Å². The molecule has 0 aliphatic carbocycles. The van der Waals surface area contributed by atoms with Gasteiger partial charge >= 0.3 is 0 Å². The number of hydrogen-bond donors (Lipinski definition) is 3. The third-order valence-corrected chi connectivity index (χ3v) is 7.83. The van der Waals surface area contributed by atoms with E-state index in [0.29, 0.717) is 18.1 Å². The van der Waals surface area contributed by atoms with Crippen molar-refractivity contribution in [3.05, 3.63) is 108 Å². The number of aromatic amines is 2. The third kappa shape index (κ3) is 5.60. The number of imidazole rings is 2. The highest BCUT2D eigenvalue weighted by Crippen LogP contribution is 2.42. The van der Waals surface area contributed by atoms with E-state index in [-0.39, 0.29) is 5.91 Å². The standard InChI is InChI=1S/C33H32F2N6O/c1-21(22-6-4-3-5-7-22)32(42)41-20-33(34,35)16-29(41)31-38-18-28(40-31)26-14-10-24(11-15-26)23-8-12-25(13-9-23)27-17-37-30(39-27)19-36-2/h3-15,17-18,21,29,36H,16,19-20H2,1-2H3,(H,37,39)(H,38,40)/t21-,29?/m1/s1. The minimum atomic E-state index is -2.98. The lowest BCUT2D eigenvalue weighted by Gasteiger charge is -2.26. The zero-order valence-corrected chi connectivity index (χ0v) is 23.4. The highest BCUT2D eigenvalue weighted by atomic mass is 19.3. The number of nitrogens with zero attached hydrogens (tertiary/aromatic N) is 3. The van der Waals surface area contributed by atoms with E-state index in [2.05, 4.69) is 49.5 Å². The Kier molecular flexibility index (Phi) is 7.43. The summed E-state index contributed by atoms with van der Waals surface area (Å²) in [4.78, 5) is 30.0. The second-order valence-corrected chi connectivity index (χ2v) is 10.8. The number of alkyl halides is 2. The van der Waals surface area contributed by atoms with Gasteiger partial charge in [0, 0.05) is 6.42 Å². The number of benzene rings is 3. The number of likely N-dealkylation sites (tertiary alicyclic amines) is 1. The van der Waals surface area contributed by atoms with Crippen LogP contribution < -0.4 is 5.32 Å². The second-order valence-electron chi connectivity index (χ2n) is 10.8. The summed E-state index contributed by atoms with van der Waals surface area (Å²) in [6.07, 6.45) is 3.02. The number of amides is 1. The Hall–Kier alpha value is -4.63. The Balaban J connectivity index is 1.18. The summed E-state index contributed by atoms with van der Waals surface area (Å²) in [7, 11) is 1.88. The topological polar surface area (TPSA) is 89.7 Å². The molecule has 9 heteroatoms. The molecule has 1 fully saturated rings. The van der Waals surface area contributed by atoms with Crippen LogP contribution in [0.1, 0.15) is 42.5 Å². The van der Waals surface area contributed by atoms with Crippen LogP contribution in [0.4, 0.5) is 8.78 Å². The molecule has 1 unspecified atom stereocenters. The maximum absolute atomic E-state index is 14.6. The maximum atomic E-state index is 14.6. The summed E-state index contributed by atoms with van der Waals surface area (Å²) in [6.45, 7) is 1.82. The van der Waals surface area contributed by atoms with Gasteiger partial charge in [-0.3, -0.25) is 4.79 Å². The minimum Gasteiger partial charge on any atom is -0.341 e. The first-order valence-electron chi connectivity index (χ1n) is 14.0. The van der Waals surface area contributed by atoms with Gasteiger partial charge in [-0.15, -0.1) is 0 Å². The molecule has 1 amide bonds. The number of H-pyrrole nitrogens is 2. The highest BCUT2D eigenvalue weighted by Gasteiger charge is 2.49. The lowest BCUT2D eigenvalue weighted by atomic mass is 9.99. The normalized spacial score (nSPS) is 17.0. The van der Waals surface area contributed by atoms with Crippen molar-refractivity contribution < 1.29 is 13.6 Å². The third-order valence-electron chi connectivity index (χ3n) is 7.83. The second kappa shape index (κ2) is 11.3. The zero-order chi connectivity index (χ0) is 29.3. The molecular formula is C33H32F2N6O. The quantitative estimate of drug-likeness (QED) is 0.198. The molecule has 0 radical (unpaired) electrons. The molecule has 3 heterocycles. The number of nitrogens with one attached hydrogen (secondary N) is 3. The van der Waals surface area contributed by atoms with Crippen LogP contribution in [-0.2, 0) is 11.3 Å². The van der Waals surface area contributed by atoms with Gasteiger partial charge in [-0.25, -0.2) is 18.7 Å². The molecule has 42 heavy (non-hydrogen) atoms. The zero-order valence-electron chi connectivity index (χ0n) is 23.4. The van der Waals surface area contributed by atoms with Gasteiger partial charge in [-0.1, -0.05) is 78.9 Å². The molecule has 3 N–H and O–H groups in total. The lowest BCUT2D eigenvalue weighted by molar-refractivity contribution is -0.134. The van der Waals surface area contributed by atoms with Crippen LogP contribution in [0.25, 0.3) is 33.6 Å². The van der Waals surface area contributed by atoms with Crippen LogP contribution in [0.3, 0.4) is 0 Å². The predicted octanol–water partition coefficient (Wildman–Crippen LogP) is 6.57. The largest absolute Gasteiger partial charge is 0.341 e. The molecule has 214 valence electrons. The summed E-state index contributed by atoms with van der Waals surface area (Å²) < 4.78 is 29.2. The Morgan fingerprint density at radius 2 is 1.48 bits per heavy atom. The fraction of sp³-hybridized carbons (Fsp3) is 0.242. The molecule has 2 aromatic heterocycles. The van der Waals surface area contributed by atoms with Gasteiger partial charge in [0.1, 0.15) is 11.6 Å². The number of hydrogen-bond acceptors (Lipinski definition) is 4. The predicted molar refractivity (Wildman–Crippen MR) is 159 cm³/mol. The first kappa shape index (κ1) is 27.5. The first-order valence-corrected chi connectivity index (χ1v) is 14.0. The van der Waals surface area contributed by atoms with Crippen LogP contribution in [0.2, 0.25) is 0 Å². The van der Waals surface area contributed by atoms with E-state index in [1.807, 2.05) is 67.8 Å². The molecule has 1 aliphatic rings. The van der Waals surface area contributed by atoms with Crippen LogP contribution in [0, 0.1) is 0 Å². The fourth-order valence-electron chi connectivity index (χ4n) is 5.53. The molecule has 5 aromatic rings. The van der Waals surface area contributed by atoms with E-state index >= 15 is 0 Å². The molecule has 7 nitrogen and oxygen atoms in total. The molecule has 3 aromatic carbocycles. The van der Waals surface area contributed by atoms with Gasteiger partial charge in [0.15, 0.2) is 0 Å². The molecule has 6 rings (SSSR count). The summed E-state index contributed by atoms with van der Waals surface area (Å²) in [5.74, 6) is -2.59. The van der Waals surface area contributed by atoms with Gasteiger partial charge < -0.3 is 20.2 Å². The van der Waals surface area contributed by atoms with Crippen molar-refractivity contribution in [1.29, 1.82) is 0 Å². The van der Waals surface area contributed by atoms with Crippen LogP contribution in [0.15, 0.2) is 91.3 Å². The van der Waals surface area contributed by atoms with Gasteiger partial charge in [-0.2, -0.15) is 0 Å². The van der Waals surface area contributed by atoms with Crippen molar-refractivity contribution in [2.75, 3.05) is 13.6 Å². The average Bonchev–Trinajstić information content (AvgIpc) is 3.76. The van der Waals surface area contributed by atoms with Crippen LogP contribution in [0.5, 0.6) is 0 Å². The molecule has 0 saturated carbocycles. The van der Waals surface area contributed by atoms with Crippen molar-refractivity contribution in [2.45, 2.75) is 37.8 Å². The number of carbonyl (C=O) groups is 1. The number of halogens is 2. The van der Waals surface area contributed by atoms with Crippen molar-refractivity contribution in [1.82, 2.24) is 30.2 Å². The average molecular weight is 567 g/mol. The van der Waals surface area contributed by atoms with Gasteiger partial charge in [0.2, 0.25) is 5.91 Å². The molecule has 0 bridgehead atoms. The molecule has 1 aliphatic heterocycles. The van der Waals surface area contributed by atoms with Gasteiger partial charge in [-0.05, 0) is 41.8 Å². The lowest BCUT2D eigenvalue weighted by Crippen LogP contribution is -2.36. The highest BCUT2D eigenvalue weighted by molar-refractivity contribution is 5.84. The van der Waals surface area contributed by atoms with E-state index in [1.54, 1.807) is 13.1 Å². The smallest absolute Gasteiger partial charge is 0.267 e.